The topological polar surface area (TPSA) is 58.6 Å². The van der Waals surface area contributed by atoms with E-state index in [1.165, 1.54) is 0 Å². The van der Waals surface area contributed by atoms with E-state index in [0.29, 0.717) is 13.2 Å². The van der Waals surface area contributed by atoms with Crippen molar-refractivity contribution in [3.05, 3.63) is 30.3 Å². The molecule has 1 N–H and O–H groups in total. The lowest BCUT2D eigenvalue weighted by atomic mass is 9.85. The molecule has 0 radical (unpaired) electrons. The maximum Gasteiger partial charge on any atom is 0.246 e. The van der Waals surface area contributed by atoms with Gasteiger partial charge in [-0.05, 0) is 17.5 Å². The van der Waals surface area contributed by atoms with Gasteiger partial charge >= 0.3 is 0 Å². The van der Waals surface area contributed by atoms with Gasteiger partial charge in [0, 0.05) is 0 Å². The van der Waals surface area contributed by atoms with E-state index in [4.69, 9.17) is 4.74 Å². The van der Waals surface area contributed by atoms with Crippen LogP contribution in [0.3, 0.4) is 0 Å². The molecule has 1 aliphatic rings. The van der Waals surface area contributed by atoms with Gasteiger partial charge in [-0.25, -0.2) is 0 Å². The number of nitrogens with one attached hydrogen (secondary N) is 1. The average Bonchev–Trinajstić information content (AvgIpc) is 2.42. The summed E-state index contributed by atoms with van der Waals surface area (Å²) >= 11 is 0. The summed E-state index contributed by atoms with van der Waals surface area (Å²) in [6.45, 7) is 6.72. The second-order valence-corrected chi connectivity index (χ2v) is 6.29. The van der Waals surface area contributed by atoms with Crippen molar-refractivity contribution in [2.24, 2.45) is 5.41 Å². The summed E-state index contributed by atoms with van der Waals surface area (Å²) in [5.41, 5.74) is -0.300. The highest BCUT2D eigenvalue weighted by molar-refractivity contribution is 5.95. The summed E-state index contributed by atoms with van der Waals surface area (Å²) in [4.78, 5) is 25.7. The molecular formula is C16H22N2O3. The number of para-hydroxylation sites is 1. The van der Waals surface area contributed by atoms with Crippen LogP contribution in [0.1, 0.15) is 20.8 Å². The van der Waals surface area contributed by atoms with Crippen molar-refractivity contribution in [1.29, 1.82) is 0 Å². The van der Waals surface area contributed by atoms with Gasteiger partial charge in [-0.1, -0.05) is 39.0 Å². The first kappa shape index (κ1) is 15.4. The maximum absolute atomic E-state index is 12.4. The minimum absolute atomic E-state index is 0.0428. The van der Waals surface area contributed by atoms with Gasteiger partial charge < -0.3 is 15.0 Å². The zero-order valence-corrected chi connectivity index (χ0v) is 12.8. The highest BCUT2D eigenvalue weighted by Crippen LogP contribution is 2.23. The summed E-state index contributed by atoms with van der Waals surface area (Å²) in [5, 5.41) is 2.77. The van der Waals surface area contributed by atoms with Crippen LogP contribution in [0.4, 0.5) is 0 Å². The second-order valence-electron chi connectivity index (χ2n) is 6.29. The number of amides is 2. The molecule has 0 aliphatic carbocycles. The van der Waals surface area contributed by atoms with Crippen LogP contribution in [-0.4, -0.2) is 42.5 Å². The molecule has 1 aromatic rings. The molecule has 0 spiro atoms. The number of rotatable bonds is 4. The average molecular weight is 290 g/mol. The first-order chi connectivity index (χ1) is 9.88. The molecule has 1 heterocycles. The predicted molar refractivity (Wildman–Crippen MR) is 79.9 cm³/mol. The van der Waals surface area contributed by atoms with Crippen molar-refractivity contribution in [3.8, 4) is 5.75 Å². The van der Waals surface area contributed by atoms with Gasteiger partial charge in [-0.3, -0.25) is 9.59 Å². The summed E-state index contributed by atoms with van der Waals surface area (Å²) < 4.78 is 5.59. The Hall–Kier alpha value is -2.04. The molecule has 2 amide bonds. The Morgan fingerprint density at radius 1 is 1.24 bits per heavy atom. The number of carbonyl (C=O) groups excluding carboxylic acids is 2. The van der Waals surface area contributed by atoms with Crippen molar-refractivity contribution in [3.63, 3.8) is 0 Å². The van der Waals surface area contributed by atoms with E-state index in [1.807, 2.05) is 51.1 Å². The van der Waals surface area contributed by atoms with Crippen LogP contribution >= 0.6 is 0 Å². The van der Waals surface area contributed by atoms with E-state index in [0.717, 1.165) is 5.75 Å². The zero-order chi connectivity index (χ0) is 15.5. The number of ether oxygens (including phenoxy) is 1. The predicted octanol–water partition coefficient (Wildman–Crippen LogP) is 1.44. The molecule has 5 heteroatoms. The molecule has 1 unspecified atom stereocenters. The molecule has 0 saturated carbocycles. The largest absolute Gasteiger partial charge is 0.492 e. The Morgan fingerprint density at radius 3 is 2.52 bits per heavy atom. The number of benzene rings is 1. The van der Waals surface area contributed by atoms with Gasteiger partial charge in [0.2, 0.25) is 11.8 Å². The van der Waals surface area contributed by atoms with Crippen LogP contribution in [0.25, 0.3) is 0 Å². The Kier molecular flexibility index (Phi) is 4.50. The quantitative estimate of drug-likeness (QED) is 0.913. The molecule has 21 heavy (non-hydrogen) atoms. The smallest absolute Gasteiger partial charge is 0.246 e. The van der Waals surface area contributed by atoms with Gasteiger partial charge in [0.1, 0.15) is 18.4 Å². The number of nitrogens with zero attached hydrogens (tertiary/aromatic N) is 1. The fourth-order valence-corrected chi connectivity index (χ4v) is 2.27. The second kappa shape index (κ2) is 6.16. The van der Waals surface area contributed by atoms with E-state index in [-0.39, 0.29) is 23.8 Å². The lowest BCUT2D eigenvalue weighted by Gasteiger charge is -2.38. The van der Waals surface area contributed by atoms with E-state index in [2.05, 4.69) is 5.32 Å². The molecule has 1 aromatic carbocycles. The molecule has 114 valence electrons. The summed E-state index contributed by atoms with van der Waals surface area (Å²) in [7, 11) is 0. The zero-order valence-electron chi connectivity index (χ0n) is 12.8. The van der Waals surface area contributed by atoms with Crippen LogP contribution in [0.15, 0.2) is 30.3 Å². The van der Waals surface area contributed by atoms with E-state index >= 15 is 0 Å². The van der Waals surface area contributed by atoms with Gasteiger partial charge in [-0.2, -0.15) is 0 Å². The van der Waals surface area contributed by atoms with Gasteiger partial charge in [0.25, 0.3) is 0 Å². The standard InChI is InChI=1S/C16H22N2O3/c1-16(2,3)14-15(20)18(11-13(19)17-14)9-10-21-12-7-5-4-6-8-12/h4-8,14H,9-11H2,1-3H3,(H,17,19). The van der Waals surface area contributed by atoms with Crippen molar-refractivity contribution in [2.75, 3.05) is 19.7 Å². The van der Waals surface area contributed by atoms with E-state index < -0.39 is 6.04 Å². The Morgan fingerprint density at radius 2 is 1.90 bits per heavy atom. The minimum atomic E-state index is -0.476. The first-order valence-electron chi connectivity index (χ1n) is 7.14. The van der Waals surface area contributed by atoms with Crippen LogP contribution in [-0.2, 0) is 9.59 Å². The van der Waals surface area contributed by atoms with Crippen molar-refractivity contribution in [2.45, 2.75) is 26.8 Å². The third kappa shape index (κ3) is 3.97. The Labute approximate surface area is 125 Å². The SMILES string of the molecule is CC(C)(C)C1NC(=O)CN(CCOc2ccccc2)C1=O. The molecule has 1 aliphatic heterocycles. The molecule has 0 aromatic heterocycles. The van der Waals surface area contributed by atoms with E-state index in [9.17, 15) is 9.59 Å². The number of piperazine rings is 1. The molecule has 2 rings (SSSR count). The fraction of sp³-hybridized carbons (Fsp3) is 0.500. The van der Waals surface area contributed by atoms with Crippen molar-refractivity contribution < 1.29 is 14.3 Å². The summed E-state index contributed by atoms with van der Waals surface area (Å²) in [6, 6.07) is 8.95. The van der Waals surface area contributed by atoms with Gasteiger partial charge in [-0.15, -0.1) is 0 Å². The maximum atomic E-state index is 12.4. The van der Waals surface area contributed by atoms with Gasteiger partial charge in [0.05, 0.1) is 13.1 Å². The molecular weight excluding hydrogens is 268 g/mol. The monoisotopic (exact) mass is 290 g/mol. The highest BCUT2D eigenvalue weighted by Gasteiger charge is 2.39. The lowest BCUT2D eigenvalue weighted by Crippen LogP contribution is -2.62. The van der Waals surface area contributed by atoms with Crippen LogP contribution < -0.4 is 10.1 Å². The normalized spacial score (nSPS) is 19.4. The summed E-state index contributed by atoms with van der Waals surface area (Å²) in [6.07, 6.45) is 0. The van der Waals surface area contributed by atoms with Crippen LogP contribution in [0.5, 0.6) is 5.75 Å². The lowest BCUT2D eigenvalue weighted by molar-refractivity contribution is -0.147. The number of hydrogen-bond acceptors (Lipinski definition) is 3. The third-order valence-corrected chi connectivity index (χ3v) is 3.44. The van der Waals surface area contributed by atoms with Crippen molar-refractivity contribution in [1.82, 2.24) is 10.2 Å². The molecule has 1 saturated heterocycles. The third-order valence-electron chi connectivity index (χ3n) is 3.44. The minimum Gasteiger partial charge on any atom is -0.492 e. The Balaban J connectivity index is 1.93. The fourth-order valence-electron chi connectivity index (χ4n) is 2.27. The summed E-state index contributed by atoms with van der Waals surface area (Å²) in [5.74, 6) is 0.603. The first-order valence-corrected chi connectivity index (χ1v) is 7.14. The number of hydrogen-bond donors (Lipinski definition) is 1. The van der Waals surface area contributed by atoms with Crippen LogP contribution in [0, 0.1) is 5.41 Å². The molecule has 1 fully saturated rings. The molecule has 5 nitrogen and oxygen atoms in total. The molecule has 0 bridgehead atoms. The number of carbonyl (C=O) groups is 2. The highest BCUT2D eigenvalue weighted by atomic mass is 16.5. The Bertz CT molecular complexity index is 508. The van der Waals surface area contributed by atoms with Crippen LogP contribution in [0.2, 0.25) is 0 Å². The van der Waals surface area contributed by atoms with Gasteiger partial charge in [0.15, 0.2) is 0 Å². The molecule has 1 atom stereocenters. The van der Waals surface area contributed by atoms with E-state index in [1.54, 1.807) is 4.90 Å². The van der Waals surface area contributed by atoms with Crippen molar-refractivity contribution >= 4 is 11.8 Å².